The van der Waals surface area contributed by atoms with E-state index in [0.717, 1.165) is 57.8 Å². The predicted molar refractivity (Wildman–Crippen MR) is 206 cm³/mol. The Hall–Kier alpha value is -1.25. The molecule has 60 heavy (non-hydrogen) atoms. The van der Waals surface area contributed by atoms with Gasteiger partial charge in [0.25, 0.3) is 0 Å². The fraction of sp³-hybridized carbons (Fsp3) is 0.975. The summed E-state index contributed by atoms with van der Waals surface area (Å²) in [5.74, 6) is -0.789. The zero-order valence-electron chi connectivity index (χ0n) is 35.1. The number of aliphatic carboxylic acids is 1. The summed E-state index contributed by atoms with van der Waals surface area (Å²) in [5, 5.41) is 116. The molecule has 11 N–H and O–H groups in total. The number of aliphatic hydroxyl groups is 10. The normalized spacial score (nSPS) is 43.2. The van der Waals surface area contributed by atoms with Crippen molar-refractivity contribution < 1.29 is 98.9 Å². The van der Waals surface area contributed by atoms with Crippen LogP contribution in [0.15, 0.2) is 0 Å². The van der Waals surface area contributed by atoms with Gasteiger partial charge in [0.05, 0.1) is 31.0 Å². The maximum Gasteiger partial charge on any atom is 0.303 e. The molecule has 0 spiro atoms. The summed E-state index contributed by atoms with van der Waals surface area (Å²) in [7, 11) is 0. The lowest BCUT2D eigenvalue weighted by molar-refractivity contribution is -0.388. The lowest BCUT2D eigenvalue weighted by atomic mass is 9.96. The van der Waals surface area contributed by atoms with Gasteiger partial charge in [-0.15, -0.1) is 0 Å². The molecule has 0 aromatic rings. The standard InChI is InChI=1S/C40H72O20/c1-5-6-12-15-22(16-13-10-8-7-9-11-14-17-24(42)43)56-40-36(28(47)26(45)23(18-41)57-40)60-39-33(52)30(49)35(21(4)55-39)59-38-32(51)29(48)34(20(3)54-38)58-37-31(50)27(46)25(44)19(2)53-37/h19-23,25-41,44-52H,5-18H2,1-4H3,(H,42,43). The molecule has 21 atom stereocenters. The first-order chi connectivity index (χ1) is 28.5. The van der Waals surface area contributed by atoms with Gasteiger partial charge in [-0.2, -0.15) is 0 Å². The van der Waals surface area contributed by atoms with Crippen LogP contribution in [-0.2, 0) is 42.7 Å². The van der Waals surface area contributed by atoms with Crippen LogP contribution >= 0.6 is 0 Å². The monoisotopic (exact) mass is 872 g/mol. The Kier molecular flexibility index (Phi) is 21.2. The second kappa shape index (κ2) is 24.7. The summed E-state index contributed by atoms with van der Waals surface area (Å²) in [4.78, 5) is 10.7. The van der Waals surface area contributed by atoms with E-state index >= 15 is 0 Å². The molecule has 4 fully saturated rings. The van der Waals surface area contributed by atoms with Crippen LogP contribution in [0.1, 0.15) is 111 Å². The van der Waals surface area contributed by atoms with Crippen molar-refractivity contribution in [3.8, 4) is 0 Å². The van der Waals surface area contributed by atoms with Gasteiger partial charge in [0.1, 0.15) is 79.4 Å². The number of unbranched alkanes of at least 4 members (excludes halogenated alkanes) is 8. The summed E-state index contributed by atoms with van der Waals surface area (Å²) in [6, 6.07) is 0. The lowest BCUT2D eigenvalue weighted by Gasteiger charge is -2.48. The Morgan fingerprint density at radius 2 is 0.933 bits per heavy atom. The molecule has 0 aromatic carbocycles. The van der Waals surface area contributed by atoms with Crippen LogP contribution < -0.4 is 0 Å². The first-order valence-electron chi connectivity index (χ1n) is 21.7. The fourth-order valence-corrected chi connectivity index (χ4v) is 8.14. The molecule has 0 amide bonds. The number of carboxylic acid groups (broad SMARTS) is 1. The Morgan fingerprint density at radius 1 is 0.500 bits per heavy atom. The number of carbonyl (C=O) groups is 1. The van der Waals surface area contributed by atoms with Gasteiger partial charge >= 0.3 is 5.97 Å². The smallest absolute Gasteiger partial charge is 0.303 e. The van der Waals surface area contributed by atoms with Crippen LogP contribution in [0.4, 0.5) is 0 Å². The minimum atomic E-state index is -1.83. The van der Waals surface area contributed by atoms with Crippen LogP contribution in [0.25, 0.3) is 0 Å². The van der Waals surface area contributed by atoms with Crippen molar-refractivity contribution in [3.63, 3.8) is 0 Å². The Bertz CT molecular complexity index is 1240. The highest BCUT2D eigenvalue weighted by molar-refractivity contribution is 5.66. The van der Waals surface area contributed by atoms with E-state index < -0.39 is 135 Å². The van der Waals surface area contributed by atoms with Gasteiger partial charge in [-0.1, -0.05) is 64.7 Å². The topological polar surface area (TPSA) is 313 Å². The maximum atomic E-state index is 11.3. The Balaban J connectivity index is 1.36. The van der Waals surface area contributed by atoms with Crippen molar-refractivity contribution in [2.75, 3.05) is 6.61 Å². The molecule has 0 radical (unpaired) electrons. The number of aliphatic hydroxyl groups excluding tert-OH is 10. The minimum Gasteiger partial charge on any atom is -0.481 e. The van der Waals surface area contributed by atoms with E-state index in [1.165, 1.54) is 20.8 Å². The number of hydrogen-bond acceptors (Lipinski definition) is 19. The van der Waals surface area contributed by atoms with Gasteiger partial charge in [0.15, 0.2) is 25.2 Å². The molecule has 4 heterocycles. The van der Waals surface area contributed by atoms with Crippen LogP contribution in [0, 0.1) is 0 Å². The van der Waals surface area contributed by atoms with E-state index in [2.05, 4.69) is 6.92 Å². The zero-order valence-corrected chi connectivity index (χ0v) is 35.1. The molecule has 0 aromatic heterocycles. The van der Waals surface area contributed by atoms with Gasteiger partial charge in [-0.25, -0.2) is 0 Å². The van der Waals surface area contributed by atoms with E-state index in [0.29, 0.717) is 19.3 Å². The van der Waals surface area contributed by atoms with Gasteiger partial charge in [0.2, 0.25) is 0 Å². The summed E-state index contributed by atoms with van der Waals surface area (Å²) < 4.78 is 47.2. The lowest BCUT2D eigenvalue weighted by Crippen LogP contribution is -2.66. The molecule has 20 nitrogen and oxygen atoms in total. The first-order valence-corrected chi connectivity index (χ1v) is 21.7. The van der Waals surface area contributed by atoms with E-state index in [-0.39, 0.29) is 12.5 Å². The summed E-state index contributed by atoms with van der Waals surface area (Å²) in [6.45, 7) is 5.86. The Labute approximate surface area is 351 Å². The number of carboxylic acids is 1. The molecular weight excluding hydrogens is 800 g/mol. The molecule has 4 rings (SSSR count). The summed E-state index contributed by atoms with van der Waals surface area (Å²) in [6.07, 6.45) is -19.3. The van der Waals surface area contributed by atoms with Crippen molar-refractivity contribution in [1.29, 1.82) is 0 Å². The number of rotatable bonds is 23. The molecule has 4 aliphatic heterocycles. The van der Waals surface area contributed by atoms with Crippen LogP contribution in [-0.4, -0.2) is 198 Å². The summed E-state index contributed by atoms with van der Waals surface area (Å²) in [5.41, 5.74) is 0. The largest absolute Gasteiger partial charge is 0.481 e. The highest BCUT2D eigenvalue weighted by Crippen LogP contribution is 2.35. The van der Waals surface area contributed by atoms with Crippen LogP contribution in [0.2, 0.25) is 0 Å². The number of ether oxygens (including phenoxy) is 8. The molecule has 4 aliphatic rings. The van der Waals surface area contributed by atoms with Crippen LogP contribution in [0.3, 0.4) is 0 Å². The Morgan fingerprint density at radius 3 is 1.43 bits per heavy atom. The second-order valence-electron chi connectivity index (χ2n) is 16.7. The predicted octanol–water partition coefficient (Wildman–Crippen LogP) is -1.10. The van der Waals surface area contributed by atoms with Crippen molar-refractivity contribution in [3.05, 3.63) is 0 Å². The molecule has 0 bridgehead atoms. The van der Waals surface area contributed by atoms with E-state index in [1.54, 1.807) is 0 Å². The summed E-state index contributed by atoms with van der Waals surface area (Å²) >= 11 is 0. The molecule has 0 saturated carbocycles. The SMILES string of the molecule is CCCCCC(CCCCCCCCCC(=O)O)OC1OC(CO)C(O)C(O)C1OC1OC(C)C(OC2OC(C)C(OC3OC(C)C(O)C(O)C3O)C(O)C2O)C(O)C1O. The quantitative estimate of drug-likeness (QED) is 0.0543. The fourth-order valence-electron chi connectivity index (χ4n) is 8.14. The maximum absolute atomic E-state index is 11.3. The highest BCUT2D eigenvalue weighted by atomic mass is 16.8. The van der Waals surface area contributed by atoms with Crippen molar-refractivity contribution in [2.24, 2.45) is 0 Å². The molecule has 352 valence electrons. The van der Waals surface area contributed by atoms with Crippen molar-refractivity contribution in [1.82, 2.24) is 0 Å². The minimum absolute atomic E-state index is 0.172. The van der Waals surface area contributed by atoms with E-state index in [1.807, 2.05) is 0 Å². The molecule has 21 unspecified atom stereocenters. The van der Waals surface area contributed by atoms with Crippen molar-refractivity contribution >= 4 is 5.97 Å². The third-order valence-corrected chi connectivity index (χ3v) is 11.9. The van der Waals surface area contributed by atoms with Gasteiger partial charge < -0.3 is 94.1 Å². The zero-order chi connectivity index (χ0) is 44.3. The average molecular weight is 873 g/mol. The molecular formula is C40H72O20. The van der Waals surface area contributed by atoms with Gasteiger partial charge in [-0.05, 0) is 40.0 Å². The third-order valence-electron chi connectivity index (χ3n) is 11.9. The second-order valence-corrected chi connectivity index (χ2v) is 16.7. The third kappa shape index (κ3) is 13.6. The molecule has 0 aliphatic carbocycles. The number of hydrogen-bond donors (Lipinski definition) is 11. The molecule has 4 saturated heterocycles. The van der Waals surface area contributed by atoms with Gasteiger partial charge in [-0.3, -0.25) is 4.79 Å². The van der Waals surface area contributed by atoms with E-state index in [4.69, 9.17) is 43.0 Å². The van der Waals surface area contributed by atoms with Crippen molar-refractivity contribution in [2.45, 2.75) is 240 Å². The first kappa shape index (κ1) is 51.4. The van der Waals surface area contributed by atoms with Crippen LogP contribution in [0.5, 0.6) is 0 Å². The highest BCUT2D eigenvalue weighted by Gasteiger charge is 2.54. The molecule has 20 heteroatoms. The van der Waals surface area contributed by atoms with E-state index in [9.17, 15) is 55.9 Å². The van der Waals surface area contributed by atoms with Gasteiger partial charge in [0, 0.05) is 6.42 Å². The average Bonchev–Trinajstić information content (AvgIpc) is 3.21.